The number of anilines is 1. The molecular formula is C10H15N2O+. The smallest absolute Gasteiger partial charge is 0.223 e. The molecular weight excluding hydrogens is 164 g/mol. The van der Waals surface area contributed by atoms with E-state index in [1.807, 2.05) is 24.3 Å². The predicted octanol–water partition coefficient (Wildman–Crippen LogP) is 0.411. The Morgan fingerprint density at radius 2 is 2.23 bits per heavy atom. The van der Waals surface area contributed by atoms with Crippen LogP contribution < -0.4 is 10.6 Å². The molecule has 3 N–H and O–H groups in total. The van der Waals surface area contributed by atoms with Gasteiger partial charge in [0.05, 0.1) is 6.54 Å². The summed E-state index contributed by atoms with van der Waals surface area (Å²) in [5, 5.41) is 0. The summed E-state index contributed by atoms with van der Waals surface area (Å²) in [6.07, 6.45) is 0. The van der Waals surface area contributed by atoms with E-state index in [0.717, 1.165) is 17.8 Å². The third kappa shape index (κ3) is 2.29. The van der Waals surface area contributed by atoms with Gasteiger partial charge in [0.25, 0.3) is 0 Å². The van der Waals surface area contributed by atoms with Gasteiger partial charge in [0, 0.05) is 25.2 Å². The van der Waals surface area contributed by atoms with Crippen molar-refractivity contribution < 1.29 is 10.5 Å². The normalized spacial score (nSPS) is 9.77. The van der Waals surface area contributed by atoms with Crippen molar-refractivity contribution in [2.24, 2.45) is 0 Å². The van der Waals surface area contributed by atoms with Gasteiger partial charge in [0.15, 0.2) is 0 Å². The summed E-state index contributed by atoms with van der Waals surface area (Å²) in [7, 11) is 1.77. The van der Waals surface area contributed by atoms with E-state index in [2.05, 4.69) is 5.73 Å². The Kier molecular flexibility index (Phi) is 3.03. The number of hydrogen-bond acceptors (Lipinski definition) is 1. The number of benzene rings is 1. The minimum absolute atomic E-state index is 0.0428. The molecule has 1 rings (SSSR count). The number of quaternary nitrogens is 1. The molecule has 0 aromatic heterocycles. The highest BCUT2D eigenvalue weighted by Gasteiger charge is 2.05. The molecule has 0 aliphatic heterocycles. The number of nitrogens with zero attached hydrogens (tertiary/aromatic N) is 1. The topological polar surface area (TPSA) is 48.0 Å². The molecule has 0 bridgehead atoms. The van der Waals surface area contributed by atoms with Crippen LogP contribution in [0.25, 0.3) is 0 Å². The van der Waals surface area contributed by atoms with E-state index in [0.29, 0.717) is 0 Å². The van der Waals surface area contributed by atoms with E-state index in [-0.39, 0.29) is 5.91 Å². The maximum absolute atomic E-state index is 11.1. The van der Waals surface area contributed by atoms with Gasteiger partial charge in [-0.1, -0.05) is 12.1 Å². The van der Waals surface area contributed by atoms with Gasteiger partial charge in [-0.3, -0.25) is 4.79 Å². The van der Waals surface area contributed by atoms with Gasteiger partial charge in [-0.25, -0.2) is 0 Å². The Morgan fingerprint density at radius 1 is 1.54 bits per heavy atom. The van der Waals surface area contributed by atoms with E-state index in [1.54, 1.807) is 18.9 Å². The molecule has 0 spiro atoms. The Hall–Kier alpha value is -1.35. The SMILES string of the molecule is CC(=O)N(C)c1cccc(C[NH3+])c1. The number of rotatable bonds is 2. The summed E-state index contributed by atoms with van der Waals surface area (Å²) in [5.74, 6) is 0.0428. The van der Waals surface area contributed by atoms with E-state index >= 15 is 0 Å². The highest BCUT2D eigenvalue weighted by molar-refractivity contribution is 5.90. The lowest BCUT2D eigenvalue weighted by molar-refractivity contribution is -0.386. The van der Waals surface area contributed by atoms with Gasteiger partial charge in [0.1, 0.15) is 0 Å². The molecule has 0 unspecified atom stereocenters. The minimum atomic E-state index is 0.0428. The van der Waals surface area contributed by atoms with Gasteiger partial charge < -0.3 is 10.6 Å². The Bertz CT molecular complexity index is 310. The molecule has 0 aliphatic rings. The molecule has 13 heavy (non-hydrogen) atoms. The number of hydrogen-bond donors (Lipinski definition) is 1. The first-order valence-electron chi connectivity index (χ1n) is 4.27. The zero-order valence-electron chi connectivity index (χ0n) is 8.08. The summed E-state index contributed by atoms with van der Waals surface area (Å²) in [6, 6.07) is 7.84. The van der Waals surface area contributed by atoms with E-state index in [1.165, 1.54) is 0 Å². The zero-order chi connectivity index (χ0) is 9.84. The molecule has 70 valence electrons. The molecule has 1 amide bonds. The highest BCUT2D eigenvalue weighted by Crippen LogP contribution is 2.13. The van der Waals surface area contributed by atoms with Crippen LogP contribution in [-0.2, 0) is 11.3 Å². The van der Waals surface area contributed by atoms with Gasteiger partial charge in [0.2, 0.25) is 5.91 Å². The molecule has 3 nitrogen and oxygen atoms in total. The Morgan fingerprint density at radius 3 is 2.77 bits per heavy atom. The summed E-state index contributed by atoms with van der Waals surface area (Å²) < 4.78 is 0. The highest BCUT2D eigenvalue weighted by atomic mass is 16.2. The molecule has 3 heteroatoms. The average Bonchev–Trinajstić information content (AvgIpc) is 2.16. The fourth-order valence-electron chi connectivity index (χ4n) is 1.10. The third-order valence-corrected chi connectivity index (χ3v) is 2.06. The molecule has 0 aliphatic carbocycles. The van der Waals surface area contributed by atoms with Crippen molar-refractivity contribution in [1.82, 2.24) is 0 Å². The van der Waals surface area contributed by atoms with Crippen LogP contribution in [0, 0.1) is 0 Å². The Labute approximate surface area is 78.2 Å². The van der Waals surface area contributed by atoms with Crippen molar-refractivity contribution in [2.75, 3.05) is 11.9 Å². The van der Waals surface area contributed by atoms with Crippen LogP contribution >= 0.6 is 0 Å². The van der Waals surface area contributed by atoms with E-state index in [9.17, 15) is 4.79 Å². The molecule has 1 aromatic carbocycles. The van der Waals surface area contributed by atoms with Gasteiger partial charge in [-0.15, -0.1) is 0 Å². The van der Waals surface area contributed by atoms with Crippen molar-refractivity contribution in [3.05, 3.63) is 29.8 Å². The van der Waals surface area contributed by atoms with Crippen molar-refractivity contribution in [3.63, 3.8) is 0 Å². The number of carbonyl (C=O) groups excluding carboxylic acids is 1. The zero-order valence-corrected chi connectivity index (χ0v) is 8.08. The second kappa shape index (κ2) is 4.05. The second-order valence-corrected chi connectivity index (χ2v) is 3.00. The molecule has 0 saturated heterocycles. The van der Waals surface area contributed by atoms with E-state index < -0.39 is 0 Å². The maximum Gasteiger partial charge on any atom is 0.223 e. The maximum atomic E-state index is 11.1. The summed E-state index contributed by atoms with van der Waals surface area (Å²) in [6.45, 7) is 2.30. The van der Waals surface area contributed by atoms with Crippen molar-refractivity contribution in [2.45, 2.75) is 13.5 Å². The van der Waals surface area contributed by atoms with Crippen molar-refractivity contribution in [3.8, 4) is 0 Å². The molecule has 0 atom stereocenters. The van der Waals surface area contributed by atoms with Crippen LogP contribution in [0.3, 0.4) is 0 Å². The van der Waals surface area contributed by atoms with Gasteiger partial charge >= 0.3 is 0 Å². The number of amides is 1. The largest absolute Gasteiger partial charge is 0.354 e. The minimum Gasteiger partial charge on any atom is -0.354 e. The Balaban J connectivity index is 2.94. The first-order chi connectivity index (χ1) is 6.15. The monoisotopic (exact) mass is 179 g/mol. The lowest BCUT2D eigenvalue weighted by Crippen LogP contribution is -2.47. The average molecular weight is 179 g/mol. The van der Waals surface area contributed by atoms with Crippen LogP contribution in [-0.4, -0.2) is 13.0 Å². The standard InChI is InChI=1S/C10H14N2O/c1-8(13)12(2)10-5-3-4-9(6-10)7-11/h3-6H,7,11H2,1-2H3/p+1. The van der Waals surface area contributed by atoms with E-state index in [4.69, 9.17) is 0 Å². The van der Waals surface area contributed by atoms with Gasteiger partial charge in [-0.05, 0) is 12.1 Å². The first kappa shape index (κ1) is 9.74. The molecule has 0 saturated carbocycles. The molecule has 0 fully saturated rings. The molecule has 0 radical (unpaired) electrons. The lowest BCUT2D eigenvalue weighted by Gasteiger charge is -2.15. The fourth-order valence-corrected chi connectivity index (χ4v) is 1.10. The van der Waals surface area contributed by atoms with Crippen LogP contribution in [0.5, 0.6) is 0 Å². The summed E-state index contributed by atoms with van der Waals surface area (Å²) >= 11 is 0. The van der Waals surface area contributed by atoms with Crippen LogP contribution in [0.1, 0.15) is 12.5 Å². The van der Waals surface area contributed by atoms with Crippen molar-refractivity contribution >= 4 is 11.6 Å². The van der Waals surface area contributed by atoms with Gasteiger partial charge in [-0.2, -0.15) is 0 Å². The first-order valence-corrected chi connectivity index (χ1v) is 4.27. The summed E-state index contributed by atoms with van der Waals surface area (Å²) in [5.41, 5.74) is 5.87. The van der Waals surface area contributed by atoms with Crippen LogP contribution in [0.15, 0.2) is 24.3 Å². The number of carbonyl (C=O) groups is 1. The van der Waals surface area contributed by atoms with Crippen LogP contribution in [0.2, 0.25) is 0 Å². The fraction of sp³-hybridized carbons (Fsp3) is 0.300. The summed E-state index contributed by atoms with van der Waals surface area (Å²) in [4.78, 5) is 12.7. The quantitative estimate of drug-likeness (QED) is 0.702. The molecule has 0 heterocycles. The lowest BCUT2D eigenvalue weighted by atomic mass is 10.2. The third-order valence-electron chi connectivity index (χ3n) is 2.06. The predicted molar refractivity (Wildman–Crippen MR) is 52.1 cm³/mol. The second-order valence-electron chi connectivity index (χ2n) is 3.00. The van der Waals surface area contributed by atoms with Crippen molar-refractivity contribution in [1.29, 1.82) is 0 Å². The van der Waals surface area contributed by atoms with Crippen LogP contribution in [0.4, 0.5) is 5.69 Å². The molecule has 1 aromatic rings.